The van der Waals surface area contributed by atoms with E-state index >= 15 is 0 Å². The van der Waals surface area contributed by atoms with Crippen molar-refractivity contribution in [1.29, 1.82) is 0 Å². The highest BCUT2D eigenvalue weighted by Gasteiger charge is 2.17. The highest BCUT2D eigenvalue weighted by Crippen LogP contribution is 2.28. The summed E-state index contributed by atoms with van der Waals surface area (Å²) >= 11 is 1.52. The lowest BCUT2D eigenvalue weighted by Gasteiger charge is -2.18. The van der Waals surface area contributed by atoms with Gasteiger partial charge in [0, 0.05) is 17.0 Å². The molecule has 0 amide bonds. The lowest BCUT2D eigenvalue weighted by Crippen LogP contribution is -2.16. The molecule has 94 valence electrons. The maximum Gasteiger partial charge on any atom is 0.126 e. The highest BCUT2D eigenvalue weighted by molar-refractivity contribution is 7.99. The molecule has 1 aliphatic rings. The smallest absolute Gasteiger partial charge is 0.126 e. The molecule has 1 aromatic heterocycles. The van der Waals surface area contributed by atoms with Crippen LogP contribution in [0, 0.1) is 6.92 Å². The molecule has 2 rings (SSSR count). The van der Waals surface area contributed by atoms with E-state index in [1.165, 1.54) is 35.9 Å². The molecule has 0 fully saturated rings. The summed E-state index contributed by atoms with van der Waals surface area (Å²) < 4.78 is 0. The van der Waals surface area contributed by atoms with Crippen LogP contribution >= 0.6 is 11.8 Å². The number of fused-ring (bicyclic) bond motifs is 1. The minimum atomic E-state index is -0.672. The SMILES string of the molecule is Cc1nc2c(c(SC[C@@H](O)CO)n1)CCCC2. The van der Waals surface area contributed by atoms with Crippen LogP contribution in [0.25, 0.3) is 0 Å². The summed E-state index contributed by atoms with van der Waals surface area (Å²) in [6.07, 6.45) is 3.79. The van der Waals surface area contributed by atoms with E-state index in [0.717, 1.165) is 23.7 Å². The number of hydrogen-bond donors (Lipinski definition) is 2. The molecule has 17 heavy (non-hydrogen) atoms. The first-order valence-electron chi connectivity index (χ1n) is 5.99. The number of aromatic nitrogens is 2. The fourth-order valence-electron chi connectivity index (χ4n) is 2.03. The average Bonchev–Trinajstić information content (AvgIpc) is 2.35. The summed E-state index contributed by atoms with van der Waals surface area (Å²) in [7, 11) is 0. The summed E-state index contributed by atoms with van der Waals surface area (Å²) in [6, 6.07) is 0. The third kappa shape index (κ3) is 3.18. The standard InChI is InChI=1S/C12H18N2O2S/c1-8-13-11-5-3-2-4-10(11)12(14-8)17-7-9(16)6-15/h9,15-16H,2-7H2,1H3/t9-/m0/s1. The van der Waals surface area contributed by atoms with Gasteiger partial charge in [-0.1, -0.05) is 0 Å². The molecule has 0 spiro atoms. The lowest BCUT2D eigenvalue weighted by molar-refractivity contribution is 0.113. The van der Waals surface area contributed by atoms with Gasteiger partial charge in [-0.15, -0.1) is 11.8 Å². The summed E-state index contributed by atoms with van der Waals surface area (Å²) in [6.45, 7) is 1.71. The number of aryl methyl sites for hydroxylation is 2. The Bertz CT molecular complexity index is 398. The molecule has 0 aromatic carbocycles. The first-order chi connectivity index (χ1) is 8.20. The van der Waals surface area contributed by atoms with E-state index < -0.39 is 6.10 Å². The molecule has 1 atom stereocenters. The Labute approximate surface area is 105 Å². The second kappa shape index (κ2) is 5.80. The van der Waals surface area contributed by atoms with Gasteiger partial charge in [0.05, 0.1) is 12.7 Å². The summed E-state index contributed by atoms with van der Waals surface area (Å²) in [5, 5.41) is 19.2. The molecule has 0 aliphatic heterocycles. The Morgan fingerprint density at radius 3 is 2.82 bits per heavy atom. The van der Waals surface area contributed by atoms with E-state index in [9.17, 15) is 5.11 Å². The van der Waals surface area contributed by atoms with Gasteiger partial charge in [-0.25, -0.2) is 9.97 Å². The van der Waals surface area contributed by atoms with E-state index in [2.05, 4.69) is 9.97 Å². The molecule has 1 aliphatic carbocycles. The van der Waals surface area contributed by atoms with Gasteiger partial charge >= 0.3 is 0 Å². The second-order valence-electron chi connectivity index (χ2n) is 4.36. The maximum absolute atomic E-state index is 9.38. The van der Waals surface area contributed by atoms with E-state index in [0.29, 0.717) is 5.75 Å². The van der Waals surface area contributed by atoms with Crippen molar-refractivity contribution in [2.45, 2.75) is 43.7 Å². The molecular formula is C12H18N2O2S. The van der Waals surface area contributed by atoms with Gasteiger partial charge < -0.3 is 10.2 Å². The Morgan fingerprint density at radius 2 is 2.06 bits per heavy atom. The Hall–Kier alpha value is -0.650. The van der Waals surface area contributed by atoms with Gasteiger partial charge in [-0.2, -0.15) is 0 Å². The first-order valence-corrected chi connectivity index (χ1v) is 6.97. The fraction of sp³-hybridized carbons (Fsp3) is 0.667. The number of thioether (sulfide) groups is 1. The van der Waals surface area contributed by atoms with Crippen molar-refractivity contribution in [2.75, 3.05) is 12.4 Å². The van der Waals surface area contributed by atoms with Gasteiger partial charge in [-0.05, 0) is 32.6 Å². The largest absolute Gasteiger partial charge is 0.394 e. The van der Waals surface area contributed by atoms with Crippen molar-refractivity contribution in [1.82, 2.24) is 9.97 Å². The van der Waals surface area contributed by atoms with Crippen LogP contribution in [-0.2, 0) is 12.8 Å². The zero-order chi connectivity index (χ0) is 12.3. The van der Waals surface area contributed by atoms with Crippen LogP contribution in [0.5, 0.6) is 0 Å². The van der Waals surface area contributed by atoms with Crippen LogP contribution in [0.15, 0.2) is 5.03 Å². The van der Waals surface area contributed by atoms with Crippen LogP contribution in [0.4, 0.5) is 0 Å². The highest BCUT2D eigenvalue weighted by atomic mass is 32.2. The van der Waals surface area contributed by atoms with Crippen LogP contribution in [-0.4, -0.2) is 38.6 Å². The molecule has 1 aromatic rings. The lowest BCUT2D eigenvalue weighted by atomic mass is 9.97. The Morgan fingerprint density at radius 1 is 1.29 bits per heavy atom. The Kier molecular flexibility index (Phi) is 4.36. The van der Waals surface area contributed by atoms with E-state index in [4.69, 9.17) is 5.11 Å². The van der Waals surface area contributed by atoms with Crippen LogP contribution in [0.2, 0.25) is 0 Å². The van der Waals surface area contributed by atoms with Crippen molar-refractivity contribution >= 4 is 11.8 Å². The quantitative estimate of drug-likeness (QED) is 0.622. The molecule has 0 saturated carbocycles. The second-order valence-corrected chi connectivity index (χ2v) is 5.36. The molecule has 2 N–H and O–H groups in total. The van der Waals surface area contributed by atoms with Gasteiger partial charge in [0.15, 0.2) is 0 Å². The monoisotopic (exact) mass is 254 g/mol. The van der Waals surface area contributed by atoms with Gasteiger partial charge in [0.1, 0.15) is 10.9 Å². The van der Waals surface area contributed by atoms with Crippen molar-refractivity contribution in [3.8, 4) is 0 Å². The number of aliphatic hydroxyl groups excluding tert-OH is 2. The minimum absolute atomic E-state index is 0.195. The third-order valence-corrected chi connectivity index (χ3v) is 4.04. The summed E-state index contributed by atoms with van der Waals surface area (Å²) in [4.78, 5) is 8.94. The van der Waals surface area contributed by atoms with Crippen LogP contribution in [0.1, 0.15) is 29.9 Å². The van der Waals surface area contributed by atoms with Gasteiger partial charge in [0.2, 0.25) is 0 Å². The summed E-state index contributed by atoms with van der Waals surface area (Å²) in [5.41, 5.74) is 2.42. The molecule has 5 heteroatoms. The zero-order valence-electron chi connectivity index (χ0n) is 10.0. The fourth-order valence-corrected chi connectivity index (χ4v) is 3.07. The molecule has 0 bridgehead atoms. The van der Waals surface area contributed by atoms with Crippen molar-refractivity contribution in [3.05, 3.63) is 17.1 Å². The zero-order valence-corrected chi connectivity index (χ0v) is 10.8. The van der Waals surface area contributed by atoms with Gasteiger partial charge in [0.25, 0.3) is 0 Å². The number of aliphatic hydroxyl groups is 2. The average molecular weight is 254 g/mol. The topological polar surface area (TPSA) is 66.2 Å². The Balaban J connectivity index is 2.17. The number of nitrogens with zero attached hydrogens (tertiary/aromatic N) is 2. The third-order valence-electron chi connectivity index (χ3n) is 2.88. The molecule has 0 saturated heterocycles. The number of hydrogen-bond acceptors (Lipinski definition) is 5. The number of rotatable bonds is 4. The molecule has 1 heterocycles. The first kappa shape index (κ1) is 12.8. The van der Waals surface area contributed by atoms with E-state index in [1.54, 1.807) is 0 Å². The van der Waals surface area contributed by atoms with Crippen LogP contribution in [0.3, 0.4) is 0 Å². The van der Waals surface area contributed by atoms with Crippen molar-refractivity contribution in [2.24, 2.45) is 0 Å². The molecule has 0 unspecified atom stereocenters. The minimum Gasteiger partial charge on any atom is -0.394 e. The molecule has 4 nitrogen and oxygen atoms in total. The summed E-state index contributed by atoms with van der Waals surface area (Å²) in [5.74, 6) is 1.28. The van der Waals surface area contributed by atoms with Crippen molar-refractivity contribution < 1.29 is 10.2 Å². The maximum atomic E-state index is 9.38. The van der Waals surface area contributed by atoms with Crippen molar-refractivity contribution in [3.63, 3.8) is 0 Å². The van der Waals surface area contributed by atoms with E-state index in [1.807, 2.05) is 6.92 Å². The molecular weight excluding hydrogens is 236 g/mol. The van der Waals surface area contributed by atoms with Crippen LogP contribution < -0.4 is 0 Å². The normalized spacial score (nSPS) is 16.6. The predicted octanol–water partition coefficient (Wildman–Crippen LogP) is 1.11. The predicted molar refractivity (Wildman–Crippen MR) is 67.2 cm³/mol. The van der Waals surface area contributed by atoms with Gasteiger partial charge in [-0.3, -0.25) is 0 Å². The van der Waals surface area contributed by atoms with E-state index in [-0.39, 0.29) is 6.61 Å². The molecule has 0 radical (unpaired) electrons.